The molecule has 1 saturated heterocycles. The van der Waals surface area contributed by atoms with E-state index in [1.54, 1.807) is 0 Å². The van der Waals surface area contributed by atoms with Crippen LogP contribution < -0.4 is 5.32 Å². The molecule has 4 unspecified atom stereocenters. The lowest BCUT2D eigenvalue weighted by atomic mass is 9.96. The highest BCUT2D eigenvalue weighted by atomic mass is 16.5. The highest BCUT2D eigenvalue weighted by Gasteiger charge is 2.24. The Morgan fingerprint density at radius 2 is 2.07 bits per heavy atom. The molecule has 14 heavy (non-hydrogen) atoms. The largest absolute Gasteiger partial charge is 0.381 e. The van der Waals surface area contributed by atoms with Crippen LogP contribution in [-0.4, -0.2) is 25.3 Å². The van der Waals surface area contributed by atoms with Crippen LogP contribution in [0.5, 0.6) is 0 Å². The van der Waals surface area contributed by atoms with Crippen LogP contribution in [0.4, 0.5) is 0 Å². The molecule has 2 heteroatoms. The van der Waals surface area contributed by atoms with Gasteiger partial charge in [0.15, 0.2) is 0 Å². The molecule has 0 aromatic carbocycles. The summed E-state index contributed by atoms with van der Waals surface area (Å²) in [4.78, 5) is 0. The minimum Gasteiger partial charge on any atom is -0.381 e. The fourth-order valence-corrected chi connectivity index (χ4v) is 2.02. The van der Waals surface area contributed by atoms with Gasteiger partial charge in [-0.25, -0.2) is 0 Å². The van der Waals surface area contributed by atoms with E-state index in [1.807, 2.05) is 0 Å². The van der Waals surface area contributed by atoms with Crippen molar-refractivity contribution in [2.45, 2.75) is 52.6 Å². The predicted molar refractivity (Wildman–Crippen MR) is 60.4 cm³/mol. The standard InChI is InChI=1S/C12H25NO/c1-5-9(2)10(3)13-11(4)12-6-7-14-8-12/h9-13H,5-8H2,1-4H3. The second kappa shape index (κ2) is 5.72. The number of hydrogen-bond donors (Lipinski definition) is 1. The summed E-state index contributed by atoms with van der Waals surface area (Å²) in [7, 11) is 0. The molecule has 1 fully saturated rings. The van der Waals surface area contributed by atoms with E-state index in [-0.39, 0.29) is 0 Å². The van der Waals surface area contributed by atoms with Gasteiger partial charge in [-0.2, -0.15) is 0 Å². The van der Waals surface area contributed by atoms with Crippen LogP contribution in [0.1, 0.15) is 40.5 Å². The Morgan fingerprint density at radius 1 is 1.36 bits per heavy atom. The van der Waals surface area contributed by atoms with E-state index in [0.29, 0.717) is 12.1 Å². The molecule has 0 aromatic heterocycles. The van der Waals surface area contributed by atoms with Crippen LogP contribution in [-0.2, 0) is 4.74 Å². The van der Waals surface area contributed by atoms with Gasteiger partial charge in [-0.1, -0.05) is 20.3 Å². The third kappa shape index (κ3) is 3.25. The van der Waals surface area contributed by atoms with Gasteiger partial charge in [0.1, 0.15) is 0 Å². The molecule has 0 bridgehead atoms. The summed E-state index contributed by atoms with van der Waals surface area (Å²) in [6, 6.07) is 1.22. The third-order valence-corrected chi connectivity index (χ3v) is 3.70. The Morgan fingerprint density at radius 3 is 2.57 bits per heavy atom. The second-order valence-corrected chi connectivity index (χ2v) is 4.75. The number of rotatable bonds is 5. The Hall–Kier alpha value is -0.0800. The normalized spacial score (nSPS) is 28.7. The maximum atomic E-state index is 5.41. The zero-order valence-corrected chi connectivity index (χ0v) is 10.0. The highest BCUT2D eigenvalue weighted by Crippen LogP contribution is 2.18. The maximum Gasteiger partial charge on any atom is 0.0509 e. The molecule has 84 valence electrons. The molecule has 2 nitrogen and oxygen atoms in total. The SMILES string of the molecule is CCC(C)C(C)NC(C)C1CCOC1. The number of ether oxygens (including phenoxy) is 1. The summed E-state index contributed by atoms with van der Waals surface area (Å²) in [6.07, 6.45) is 2.48. The molecular formula is C12H25NO. The average Bonchev–Trinajstić information content (AvgIpc) is 2.69. The highest BCUT2D eigenvalue weighted by molar-refractivity contribution is 4.79. The van der Waals surface area contributed by atoms with E-state index < -0.39 is 0 Å². The van der Waals surface area contributed by atoms with Gasteiger partial charge >= 0.3 is 0 Å². The second-order valence-electron chi connectivity index (χ2n) is 4.75. The van der Waals surface area contributed by atoms with Crippen molar-refractivity contribution in [3.8, 4) is 0 Å². The van der Waals surface area contributed by atoms with Crippen molar-refractivity contribution >= 4 is 0 Å². The molecule has 0 saturated carbocycles. The molecule has 0 spiro atoms. The van der Waals surface area contributed by atoms with Crippen LogP contribution in [0, 0.1) is 11.8 Å². The molecule has 1 aliphatic rings. The molecule has 0 aliphatic carbocycles. The minimum atomic E-state index is 0.599. The van der Waals surface area contributed by atoms with Gasteiger partial charge in [-0.05, 0) is 32.1 Å². The Balaban J connectivity index is 2.27. The van der Waals surface area contributed by atoms with Crippen LogP contribution in [0.15, 0.2) is 0 Å². The Labute approximate surface area is 88.4 Å². The average molecular weight is 199 g/mol. The van der Waals surface area contributed by atoms with Crippen LogP contribution >= 0.6 is 0 Å². The zero-order chi connectivity index (χ0) is 10.6. The molecule has 4 atom stereocenters. The maximum absolute atomic E-state index is 5.41. The van der Waals surface area contributed by atoms with Crippen molar-refractivity contribution in [3.63, 3.8) is 0 Å². The first kappa shape index (κ1) is 12.0. The molecule has 1 N–H and O–H groups in total. The molecule has 1 heterocycles. The quantitative estimate of drug-likeness (QED) is 0.734. The van der Waals surface area contributed by atoms with Crippen molar-refractivity contribution in [2.24, 2.45) is 11.8 Å². The molecule has 0 amide bonds. The van der Waals surface area contributed by atoms with Crippen LogP contribution in [0.25, 0.3) is 0 Å². The van der Waals surface area contributed by atoms with Crippen LogP contribution in [0.2, 0.25) is 0 Å². The molecule has 1 aliphatic heterocycles. The van der Waals surface area contributed by atoms with Gasteiger partial charge in [0.25, 0.3) is 0 Å². The van der Waals surface area contributed by atoms with Gasteiger partial charge in [0.2, 0.25) is 0 Å². The van der Waals surface area contributed by atoms with E-state index in [2.05, 4.69) is 33.0 Å². The molecule has 0 aromatic rings. The van der Waals surface area contributed by atoms with Gasteiger partial charge in [-0.15, -0.1) is 0 Å². The summed E-state index contributed by atoms with van der Waals surface area (Å²) < 4.78 is 5.41. The lowest BCUT2D eigenvalue weighted by molar-refractivity contribution is 0.175. The van der Waals surface area contributed by atoms with Crippen LogP contribution in [0.3, 0.4) is 0 Å². The number of nitrogens with one attached hydrogen (secondary N) is 1. The Kier molecular flexibility index (Phi) is 4.90. The smallest absolute Gasteiger partial charge is 0.0509 e. The molecule has 0 radical (unpaired) electrons. The van der Waals surface area contributed by atoms with E-state index in [4.69, 9.17) is 4.74 Å². The first-order valence-electron chi connectivity index (χ1n) is 5.99. The van der Waals surface area contributed by atoms with Gasteiger partial charge in [-0.3, -0.25) is 0 Å². The summed E-state index contributed by atoms with van der Waals surface area (Å²) in [5.74, 6) is 1.49. The predicted octanol–water partition coefficient (Wildman–Crippen LogP) is 2.44. The first-order valence-corrected chi connectivity index (χ1v) is 5.99. The Bertz CT molecular complexity index is 154. The van der Waals surface area contributed by atoms with E-state index in [9.17, 15) is 0 Å². The van der Waals surface area contributed by atoms with Gasteiger partial charge in [0.05, 0.1) is 6.61 Å². The fraction of sp³-hybridized carbons (Fsp3) is 1.00. The summed E-state index contributed by atoms with van der Waals surface area (Å²) in [5.41, 5.74) is 0. The summed E-state index contributed by atoms with van der Waals surface area (Å²) >= 11 is 0. The van der Waals surface area contributed by atoms with Crippen molar-refractivity contribution in [1.82, 2.24) is 5.32 Å². The van der Waals surface area contributed by atoms with Gasteiger partial charge < -0.3 is 10.1 Å². The summed E-state index contributed by atoms with van der Waals surface area (Å²) in [6.45, 7) is 11.1. The van der Waals surface area contributed by atoms with Crippen molar-refractivity contribution in [1.29, 1.82) is 0 Å². The lowest BCUT2D eigenvalue weighted by Gasteiger charge is -2.27. The van der Waals surface area contributed by atoms with E-state index >= 15 is 0 Å². The van der Waals surface area contributed by atoms with Crippen molar-refractivity contribution < 1.29 is 4.74 Å². The first-order chi connectivity index (χ1) is 6.65. The van der Waals surface area contributed by atoms with Crippen molar-refractivity contribution in [3.05, 3.63) is 0 Å². The van der Waals surface area contributed by atoms with Gasteiger partial charge in [0, 0.05) is 18.7 Å². The number of hydrogen-bond acceptors (Lipinski definition) is 2. The topological polar surface area (TPSA) is 21.3 Å². The molecular weight excluding hydrogens is 174 g/mol. The van der Waals surface area contributed by atoms with Crippen molar-refractivity contribution in [2.75, 3.05) is 13.2 Å². The zero-order valence-electron chi connectivity index (χ0n) is 10.0. The monoisotopic (exact) mass is 199 g/mol. The van der Waals surface area contributed by atoms with E-state index in [0.717, 1.165) is 25.0 Å². The lowest BCUT2D eigenvalue weighted by Crippen LogP contribution is -2.42. The van der Waals surface area contributed by atoms with E-state index in [1.165, 1.54) is 12.8 Å². The minimum absolute atomic E-state index is 0.599. The molecule has 1 rings (SSSR count). The summed E-state index contributed by atoms with van der Waals surface area (Å²) in [5, 5.41) is 3.69. The third-order valence-electron chi connectivity index (χ3n) is 3.70. The fourth-order valence-electron chi connectivity index (χ4n) is 2.02.